The van der Waals surface area contributed by atoms with Gasteiger partial charge in [-0.3, -0.25) is 0 Å². The summed E-state index contributed by atoms with van der Waals surface area (Å²) in [6.45, 7) is 0. The van der Waals surface area contributed by atoms with Crippen LogP contribution in [0.4, 0.5) is 5.69 Å². The number of benzene rings is 2. The van der Waals surface area contributed by atoms with Gasteiger partial charge in [-0.1, -0.05) is 30.4 Å². The molecule has 3 nitrogen and oxygen atoms in total. The van der Waals surface area contributed by atoms with Crippen LogP contribution in [0, 0.1) is 0 Å². The number of nitrogens with zero attached hydrogens (tertiary/aromatic N) is 1. The smallest absolute Gasteiger partial charge is 0.117 e. The van der Waals surface area contributed by atoms with Crippen molar-refractivity contribution in [2.45, 2.75) is 6.42 Å². The van der Waals surface area contributed by atoms with E-state index in [0.717, 1.165) is 21.8 Å². The lowest BCUT2D eigenvalue weighted by atomic mass is 10.1. The van der Waals surface area contributed by atoms with Crippen molar-refractivity contribution >= 4 is 28.5 Å². The Morgan fingerprint density at radius 3 is 2.40 bits per heavy atom. The van der Waals surface area contributed by atoms with E-state index in [-0.39, 0.29) is 11.5 Å². The lowest BCUT2D eigenvalue weighted by molar-refractivity contribution is 0.475. The second-order valence-electron chi connectivity index (χ2n) is 4.66. The third-order valence-corrected chi connectivity index (χ3v) is 3.58. The molecule has 0 unspecified atom stereocenters. The first-order valence-electron chi connectivity index (χ1n) is 6.25. The Balaban J connectivity index is 1.94. The summed E-state index contributed by atoms with van der Waals surface area (Å²) < 4.78 is 0. The molecule has 1 aliphatic rings. The fourth-order valence-electron chi connectivity index (χ4n) is 2.24. The highest BCUT2D eigenvalue weighted by molar-refractivity contribution is 7.80. The van der Waals surface area contributed by atoms with Crippen LogP contribution in [-0.2, 0) is 0 Å². The molecular formula is C16H13NO2S. The molecule has 2 aromatic carbocycles. The van der Waals surface area contributed by atoms with Gasteiger partial charge in [-0.15, -0.1) is 0 Å². The molecule has 1 aliphatic heterocycles. The summed E-state index contributed by atoms with van der Waals surface area (Å²) in [6.07, 6.45) is 2.65. The molecule has 0 saturated carbocycles. The monoisotopic (exact) mass is 283 g/mol. The van der Waals surface area contributed by atoms with Crippen LogP contribution < -0.4 is 4.90 Å². The van der Waals surface area contributed by atoms with Gasteiger partial charge in [0.25, 0.3) is 0 Å². The number of aromatic hydroxyl groups is 2. The molecule has 0 bridgehead atoms. The van der Waals surface area contributed by atoms with E-state index in [1.165, 1.54) is 0 Å². The molecule has 0 amide bonds. The van der Waals surface area contributed by atoms with Crippen molar-refractivity contribution in [3.63, 3.8) is 0 Å². The molecule has 0 atom stereocenters. The van der Waals surface area contributed by atoms with Crippen LogP contribution in [0.25, 0.3) is 5.57 Å². The van der Waals surface area contributed by atoms with Crippen molar-refractivity contribution in [1.82, 2.24) is 0 Å². The number of anilines is 1. The van der Waals surface area contributed by atoms with E-state index in [2.05, 4.69) is 0 Å². The largest absolute Gasteiger partial charge is 0.508 e. The van der Waals surface area contributed by atoms with Crippen molar-refractivity contribution < 1.29 is 10.2 Å². The Hall–Kier alpha value is -2.33. The molecule has 0 aromatic heterocycles. The van der Waals surface area contributed by atoms with Gasteiger partial charge in [-0.05, 0) is 35.4 Å². The molecule has 0 saturated heterocycles. The minimum atomic E-state index is 0.219. The average Bonchev–Trinajstić information content (AvgIpc) is 2.82. The van der Waals surface area contributed by atoms with Gasteiger partial charge >= 0.3 is 0 Å². The Labute approximate surface area is 122 Å². The molecule has 2 N–H and O–H groups in total. The number of hydrogen-bond acceptors (Lipinski definition) is 3. The molecule has 20 heavy (non-hydrogen) atoms. The fraction of sp³-hybridized carbons (Fsp3) is 0.0625. The maximum atomic E-state index is 9.55. The molecule has 0 fully saturated rings. The average molecular weight is 283 g/mol. The van der Waals surface area contributed by atoms with Crippen LogP contribution in [0.15, 0.2) is 54.7 Å². The summed E-state index contributed by atoms with van der Waals surface area (Å²) in [6, 6.07) is 14.1. The highest BCUT2D eigenvalue weighted by Crippen LogP contribution is 2.32. The first-order valence-corrected chi connectivity index (χ1v) is 6.65. The first-order chi connectivity index (χ1) is 9.63. The number of phenols is 2. The van der Waals surface area contributed by atoms with Crippen LogP contribution in [0.5, 0.6) is 11.5 Å². The second kappa shape index (κ2) is 4.98. The van der Waals surface area contributed by atoms with E-state index >= 15 is 0 Å². The van der Waals surface area contributed by atoms with Crippen molar-refractivity contribution in [2.75, 3.05) is 4.90 Å². The summed E-state index contributed by atoms with van der Waals surface area (Å²) in [4.78, 5) is 2.69. The zero-order valence-electron chi connectivity index (χ0n) is 10.7. The van der Waals surface area contributed by atoms with Gasteiger partial charge in [0.05, 0.1) is 4.99 Å². The zero-order valence-corrected chi connectivity index (χ0v) is 11.5. The maximum absolute atomic E-state index is 9.55. The standard InChI is InChI=1S/C16H13NO2S/c18-14-6-4-11(5-7-14)12-8-16(20)17(10-12)13-2-1-3-15(19)9-13/h1-7,9-10,18-19H,8H2. The molecule has 0 aliphatic carbocycles. The minimum Gasteiger partial charge on any atom is -0.508 e. The molecule has 4 heteroatoms. The van der Waals surface area contributed by atoms with Crippen LogP contribution in [0.3, 0.4) is 0 Å². The summed E-state index contributed by atoms with van der Waals surface area (Å²) in [5.41, 5.74) is 2.98. The van der Waals surface area contributed by atoms with Gasteiger partial charge in [0.1, 0.15) is 11.5 Å². The van der Waals surface area contributed by atoms with Gasteiger partial charge in [-0.25, -0.2) is 0 Å². The van der Waals surface area contributed by atoms with Crippen LogP contribution in [0.2, 0.25) is 0 Å². The summed E-state index contributed by atoms with van der Waals surface area (Å²) in [5, 5.41) is 18.9. The molecule has 0 spiro atoms. The molecule has 0 radical (unpaired) electrons. The topological polar surface area (TPSA) is 43.7 Å². The van der Waals surface area contributed by atoms with Gasteiger partial charge in [0.2, 0.25) is 0 Å². The molecule has 3 rings (SSSR count). The Kier molecular flexibility index (Phi) is 3.16. The molecule has 100 valence electrons. The van der Waals surface area contributed by atoms with Crippen molar-refractivity contribution in [3.05, 3.63) is 60.3 Å². The van der Waals surface area contributed by atoms with Gasteiger partial charge in [-0.2, -0.15) is 0 Å². The van der Waals surface area contributed by atoms with Crippen molar-refractivity contribution in [1.29, 1.82) is 0 Å². The third kappa shape index (κ3) is 2.38. The molecular weight excluding hydrogens is 270 g/mol. The summed E-state index contributed by atoms with van der Waals surface area (Å²) in [7, 11) is 0. The lowest BCUT2D eigenvalue weighted by Crippen LogP contribution is -2.17. The van der Waals surface area contributed by atoms with Crippen LogP contribution in [-0.4, -0.2) is 15.2 Å². The van der Waals surface area contributed by atoms with E-state index < -0.39 is 0 Å². The number of rotatable bonds is 2. The van der Waals surface area contributed by atoms with E-state index in [1.54, 1.807) is 30.3 Å². The van der Waals surface area contributed by atoms with Crippen molar-refractivity contribution in [2.24, 2.45) is 0 Å². The van der Waals surface area contributed by atoms with Crippen molar-refractivity contribution in [3.8, 4) is 11.5 Å². The SMILES string of the molecule is Oc1ccc(C2=CN(c3cccc(O)c3)C(=S)C2)cc1. The predicted octanol–water partition coefficient (Wildman–Crippen LogP) is 3.68. The van der Waals surface area contributed by atoms with Gasteiger partial charge < -0.3 is 15.1 Å². The second-order valence-corrected chi connectivity index (χ2v) is 5.13. The number of hydrogen-bond donors (Lipinski definition) is 2. The quantitative estimate of drug-likeness (QED) is 0.825. The predicted molar refractivity (Wildman–Crippen MR) is 83.9 cm³/mol. The highest BCUT2D eigenvalue weighted by Gasteiger charge is 2.20. The first kappa shape index (κ1) is 12.7. The third-order valence-electron chi connectivity index (χ3n) is 3.24. The van der Waals surface area contributed by atoms with Crippen LogP contribution >= 0.6 is 12.2 Å². The summed E-state index contributed by atoms with van der Waals surface area (Å²) >= 11 is 5.41. The number of phenolic OH excluding ortho intramolecular Hbond substituents is 2. The fourth-order valence-corrected chi connectivity index (χ4v) is 2.55. The number of thiocarbonyl (C=S) groups is 1. The Bertz CT molecular complexity index is 692. The maximum Gasteiger partial charge on any atom is 0.117 e. The van der Waals surface area contributed by atoms with E-state index in [1.807, 2.05) is 29.3 Å². The minimum absolute atomic E-state index is 0.219. The molecule has 2 aromatic rings. The normalized spacial score (nSPS) is 14.5. The highest BCUT2D eigenvalue weighted by atomic mass is 32.1. The van der Waals surface area contributed by atoms with E-state index in [0.29, 0.717) is 6.42 Å². The molecule has 1 heterocycles. The van der Waals surface area contributed by atoms with Crippen LogP contribution in [0.1, 0.15) is 12.0 Å². The zero-order chi connectivity index (χ0) is 14.1. The lowest BCUT2D eigenvalue weighted by Gasteiger charge is -2.15. The Morgan fingerprint density at radius 1 is 0.950 bits per heavy atom. The van der Waals surface area contributed by atoms with Gasteiger partial charge in [0.15, 0.2) is 0 Å². The van der Waals surface area contributed by atoms with E-state index in [4.69, 9.17) is 12.2 Å². The summed E-state index contributed by atoms with van der Waals surface area (Å²) in [5.74, 6) is 0.469. The van der Waals surface area contributed by atoms with Gasteiger partial charge in [0, 0.05) is 24.4 Å². The van der Waals surface area contributed by atoms with E-state index in [9.17, 15) is 10.2 Å². The Morgan fingerprint density at radius 2 is 1.70 bits per heavy atom.